The van der Waals surface area contributed by atoms with Crippen LogP contribution in [0, 0.1) is 0 Å². The van der Waals surface area contributed by atoms with Gasteiger partial charge in [-0.05, 0) is 29.8 Å². The van der Waals surface area contributed by atoms with Gasteiger partial charge in [0, 0.05) is 6.20 Å². The van der Waals surface area contributed by atoms with Crippen LogP contribution in [0.4, 0.5) is 29.3 Å². The molecule has 0 fully saturated rings. The van der Waals surface area contributed by atoms with Crippen LogP contribution in [0.3, 0.4) is 0 Å². The Hall–Kier alpha value is -3.49. The fourth-order valence-corrected chi connectivity index (χ4v) is 2.60. The average molecular weight is 390 g/mol. The van der Waals surface area contributed by atoms with Crippen molar-refractivity contribution in [2.45, 2.75) is 12.7 Å². The molecule has 6 nitrogen and oxygen atoms in total. The van der Waals surface area contributed by atoms with E-state index in [-0.39, 0.29) is 5.69 Å². The Morgan fingerprint density at radius 2 is 1.93 bits per heavy atom. The highest BCUT2D eigenvalue weighted by Crippen LogP contribution is 2.34. The SMILES string of the molecule is COc1cccc(Cn2cc(NC(=O)Nc3ccccc3C(F)(F)F)cn2)c1. The van der Waals surface area contributed by atoms with Gasteiger partial charge in [-0.1, -0.05) is 24.3 Å². The zero-order valence-electron chi connectivity index (χ0n) is 14.8. The van der Waals surface area contributed by atoms with Crippen LogP contribution in [-0.4, -0.2) is 22.9 Å². The number of methoxy groups -OCH3 is 1. The van der Waals surface area contributed by atoms with Gasteiger partial charge in [0.15, 0.2) is 0 Å². The van der Waals surface area contributed by atoms with Crippen molar-refractivity contribution in [2.75, 3.05) is 17.7 Å². The maximum absolute atomic E-state index is 13.0. The molecule has 0 unspecified atom stereocenters. The van der Waals surface area contributed by atoms with Crippen LogP contribution < -0.4 is 15.4 Å². The number of halogens is 3. The maximum Gasteiger partial charge on any atom is 0.418 e. The number of alkyl halides is 3. The number of aromatic nitrogens is 2. The highest BCUT2D eigenvalue weighted by Gasteiger charge is 2.33. The summed E-state index contributed by atoms with van der Waals surface area (Å²) >= 11 is 0. The standard InChI is InChI=1S/C19H17F3N4O2/c1-28-15-6-4-5-13(9-15)11-26-12-14(10-23-26)24-18(27)25-17-8-3-2-7-16(17)19(20,21)22/h2-10,12H,11H2,1H3,(H2,24,25,27). The van der Waals surface area contributed by atoms with E-state index in [1.807, 2.05) is 24.3 Å². The number of para-hydroxylation sites is 1. The number of ether oxygens (including phenoxy) is 1. The molecular weight excluding hydrogens is 373 g/mol. The number of hydrogen-bond acceptors (Lipinski definition) is 3. The lowest BCUT2D eigenvalue weighted by atomic mass is 10.1. The summed E-state index contributed by atoms with van der Waals surface area (Å²) in [4.78, 5) is 12.1. The van der Waals surface area contributed by atoms with Crippen LogP contribution in [0.2, 0.25) is 0 Å². The number of hydrogen-bond donors (Lipinski definition) is 2. The molecule has 0 saturated heterocycles. The van der Waals surface area contributed by atoms with Gasteiger partial charge < -0.3 is 15.4 Å². The number of rotatable bonds is 5. The van der Waals surface area contributed by atoms with Crippen molar-refractivity contribution >= 4 is 17.4 Å². The molecule has 28 heavy (non-hydrogen) atoms. The number of benzene rings is 2. The summed E-state index contributed by atoms with van der Waals surface area (Å²) in [7, 11) is 1.57. The van der Waals surface area contributed by atoms with Crippen molar-refractivity contribution in [3.63, 3.8) is 0 Å². The lowest BCUT2D eigenvalue weighted by Crippen LogP contribution is -2.21. The number of carbonyl (C=O) groups is 1. The van der Waals surface area contributed by atoms with E-state index in [0.717, 1.165) is 11.6 Å². The minimum atomic E-state index is -4.56. The fourth-order valence-electron chi connectivity index (χ4n) is 2.60. The smallest absolute Gasteiger partial charge is 0.418 e. The van der Waals surface area contributed by atoms with Gasteiger partial charge in [-0.2, -0.15) is 18.3 Å². The van der Waals surface area contributed by atoms with Crippen LogP contribution >= 0.6 is 0 Å². The normalized spacial score (nSPS) is 11.1. The Bertz CT molecular complexity index is 970. The number of carbonyl (C=O) groups excluding carboxylic acids is 1. The van der Waals surface area contributed by atoms with Crippen molar-refractivity contribution < 1.29 is 22.7 Å². The van der Waals surface area contributed by atoms with E-state index in [1.165, 1.54) is 24.4 Å². The summed E-state index contributed by atoms with van der Waals surface area (Å²) < 4.78 is 45.7. The van der Waals surface area contributed by atoms with E-state index in [1.54, 1.807) is 18.0 Å². The number of urea groups is 1. The van der Waals surface area contributed by atoms with Crippen molar-refractivity contribution in [3.8, 4) is 5.75 Å². The molecule has 1 aromatic heterocycles. The molecule has 2 N–H and O–H groups in total. The van der Waals surface area contributed by atoms with Gasteiger partial charge in [-0.25, -0.2) is 4.79 Å². The van der Waals surface area contributed by atoms with Gasteiger partial charge in [0.05, 0.1) is 36.8 Å². The van der Waals surface area contributed by atoms with Crippen LogP contribution in [-0.2, 0) is 12.7 Å². The van der Waals surface area contributed by atoms with E-state index in [2.05, 4.69) is 15.7 Å². The second-order valence-electron chi connectivity index (χ2n) is 5.90. The third-order valence-corrected chi connectivity index (χ3v) is 3.85. The van der Waals surface area contributed by atoms with Crippen molar-refractivity contribution in [1.82, 2.24) is 9.78 Å². The summed E-state index contributed by atoms with van der Waals surface area (Å²) in [5.74, 6) is 0.714. The molecule has 0 aliphatic rings. The Balaban J connectivity index is 1.65. The minimum Gasteiger partial charge on any atom is -0.497 e. The number of nitrogens with one attached hydrogen (secondary N) is 2. The molecule has 3 rings (SSSR count). The van der Waals surface area contributed by atoms with Crippen LogP contribution in [0.5, 0.6) is 5.75 Å². The lowest BCUT2D eigenvalue weighted by Gasteiger charge is -2.13. The van der Waals surface area contributed by atoms with Gasteiger partial charge in [-0.15, -0.1) is 0 Å². The monoisotopic (exact) mass is 390 g/mol. The topological polar surface area (TPSA) is 68.2 Å². The van der Waals surface area contributed by atoms with Crippen LogP contribution in [0.1, 0.15) is 11.1 Å². The van der Waals surface area contributed by atoms with E-state index in [0.29, 0.717) is 18.0 Å². The van der Waals surface area contributed by atoms with Gasteiger partial charge >= 0.3 is 12.2 Å². The molecule has 1 heterocycles. The maximum atomic E-state index is 13.0. The molecule has 0 spiro atoms. The van der Waals surface area contributed by atoms with Crippen molar-refractivity contribution in [3.05, 3.63) is 72.1 Å². The Kier molecular flexibility index (Phi) is 5.53. The second-order valence-corrected chi connectivity index (χ2v) is 5.90. The number of amides is 2. The molecule has 146 valence electrons. The van der Waals surface area contributed by atoms with Gasteiger partial charge in [0.1, 0.15) is 5.75 Å². The van der Waals surface area contributed by atoms with E-state index in [9.17, 15) is 18.0 Å². The molecule has 2 aromatic carbocycles. The molecule has 9 heteroatoms. The summed E-state index contributed by atoms with van der Waals surface area (Å²) in [6.45, 7) is 0.442. The molecule has 0 radical (unpaired) electrons. The highest BCUT2D eigenvalue weighted by atomic mass is 19.4. The zero-order chi connectivity index (χ0) is 20.1. The molecule has 0 saturated carbocycles. The van der Waals surface area contributed by atoms with Crippen LogP contribution in [0.15, 0.2) is 60.9 Å². The largest absolute Gasteiger partial charge is 0.497 e. The zero-order valence-corrected chi connectivity index (χ0v) is 14.8. The van der Waals surface area contributed by atoms with Gasteiger partial charge in [-0.3, -0.25) is 4.68 Å². The lowest BCUT2D eigenvalue weighted by molar-refractivity contribution is -0.136. The first-order valence-electron chi connectivity index (χ1n) is 8.25. The van der Waals surface area contributed by atoms with Crippen molar-refractivity contribution in [1.29, 1.82) is 0 Å². The number of anilines is 2. The molecule has 0 atom stereocenters. The summed E-state index contributed by atoms with van der Waals surface area (Å²) in [5, 5.41) is 8.83. The minimum absolute atomic E-state index is 0.323. The Labute approximate surface area is 158 Å². The fraction of sp³-hybridized carbons (Fsp3) is 0.158. The van der Waals surface area contributed by atoms with Crippen LogP contribution in [0.25, 0.3) is 0 Å². The van der Waals surface area contributed by atoms with E-state index in [4.69, 9.17) is 4.74 Å². The Morgan fingerprint density at radius 1 is 1.14 bits per heavy atom. The molecule has 3 aromatic rings. The highest BCUT2D eigenvalue weighted by molar-refractivity contribution is 6.00. The number of nitrogens with zero attached hydrogens (tertiary/aromatic N) is 2. The predicted octanol–water partition coefficient (Wildman–Crippen LogP) is 4.60. The first-order chi connectivity index (χ1) is 13.3. The summed E-state index contributed by atoms with van der Waals surface area (Å²) in [5.41, 5.74) is 0.0533. The van der Waals surface area contributed by atoms with Crippen molar-refractivity contribution in [2.24, 2.45) is 0 Å². The van der Waals surface area contributed by atoms with E-state index < -0.39 is 17.8 Å². The molecule has 0 aliphatic heterocycles. The van der Waals surface area contributed by atoms with Gasteiger partial charge in [0.25, 0.3) is 0 Å². The third-order valence-electron chi connectivity index (χ3n) is 3.85. The first-order valence-corrected chi connectivity index (χ1v) is 8.25. The predicted molar refractivity (Wildman–Crippen MR) is 98.4 cm³/mol. The molecular formula is C19H17F3N4O2. The van der Waals surface area contributed by atoms with E-state index >= 15 is 0 Å². The second kappa shape index (κ2) is 8.03. The molecule has 0 bridgehead atoms. The summed E-state index contributed by atoms with van der Waals surface area (Å²) in [6, 6.07) is 11.4. The average Bonchev–Trinajstić information content (AvgIpc) is 3.08. The summed E-state index contributed by atoms with van der Waals surface area (Å²) in [6.07, 6.45) is -1.57. The first kappa shape index (κ1) is 19.3. The van der Waals surface area contributed by atoms with Gasteiger partial charge in [0.2, 0.25) is 0 Å². The molecule has 0 aliphatic carbocycles. The quantitative estimate of drug-likeness (QED) is 0.669. The Morgan fingerprint density at radius 3 is 2.68 bits per heavy atom. The molecule has 2 amide bonds. The third kappa shape index (κ3) is 4.81.